The molecule has 0 unspecified atom stereocenters. The predicted molar refractivity (Wildman–Crippen MR) is 129 cm³/mol. The number of carboxylic acid groups (broad SMARTS) is 1. The van der Waals surface area contributed by atoms with Crippen LogP contribution in [0.15, 0.2) is 88.9 Å². The third-order valence-electron chi connectivity index (χ3n) is 5.03. The number of hydrogen-bond acceptors (Lipinski definition) is 5. The first kappa shape index (κ1) is 24.8. The Morgan fingerprint density at radius 3 is 2.24 bits per heavy atom. The number of aromatic carboxylic acids is 1. The first-order valence-electron chi connectivity index (χ1n) is 10.5. The lowest BCUT2D eigenvalue weighted by molar-refractivity contribution is -0.121. The van der Waals surface area contributed by atoms with Gasteiger partial charge in [0.25, 0.3) is 5.91 Å². The van der Waals surface area contributed by atoms with E-state index >= 15 is 0 Å². The van der Waals surface area contributed by atoms with Gasteiger partial charge in [-0.2, -0.15) is 9.41 Å². The van der Waals surface area contributed by atoms with Crippen LogP contribution in [0.25, 0.3) is 0 Å². The number of hydrogen-bond donors (Lipinski definition) is 2. The van der Waals surface area contributed by atoms with Crippen LogP contribution in [0.4, 0.5) is 0 Å². The number of carbonyl (C=O) groups excluding carboxylic acids is 1. The standard InChI is InChI=1S/C25H25N3O5S/c1-19-7-13-23(14-8-19)34(32,33)28(16-15-20-5-3-2-4-6-20)18-24(29)27-26-17-21-9-11-22(12-10-21)25(30)31/h2-14,17H,15-16,18H2,1H3,(H,27,29)(H,30,31)/b26-17-. The molecule has 3 aromatic rings. The van der Waals surface area contributed by atoms with Crippen molar-refractivity contribution in [1.82, 2.24) is 9.73 Å². The molecule has 3 rings (SSSR count). The molecular formula is C25H25N3O5S. The van der Waals surface area contributed by atoms with Crippen molar-refractivity contribution in [3.8, 4) is 0 Å². The summed E-state index contributed by atoms with van der Waals surface area (Å²) < 4.78 is 27.6. The predicted octanol–water partition coefficient (Wildman–Crippen LogP) is 3.08. The fourth-order valence-corrected chi connectivity index (χ4v) is 4.53. The molecule has 34 heavy (non-hydrogen) atoms. The molecule has 0 spiro atoms. The summed E-state index contributed by atoms with van der Waals surface area (Å²) in [6.07, 6.45) is 1.80. The van der Waals surface area contributed by atoms with E-state index in [9.17, 15) is 18.0 Å². The second-order valence-electron chi connectivity index (χ2n) is 7.61. The number of hydrazone groups is 1. The minimum Gasteiger partial charge on any atom is -0.478 e. The van der Waals surface area contributed by atoms with E-state index in [1.807, 2.05) is 37.3 Å². The lowest BCUT2D eigenvalue weighted by Crippen LogP contribution is -2.40. The number of sulfonamides is 1. The van der Waals surface area contributed by atoms with Crippen molar-refractivity contribution in [2.45, 2.75) is 18.2 Å². The van der Waals surface area contributed by atoms with E-state index < -0.39 is 28.4 Å². The van der Waals surface area contributed by atoms with Crippen LogP contribution in [0, 0.1) is 6.92 Å². The molecule has 0 atom stereocenters. The monoisotopic (exact) mass is 479 g/mol. The maximum Gasteiger partial charge on any atom is 0.335 e. The molecule has 2 N–H and O–H groups in total. The number of carboxylic acids is 1. The largest absolute Gasteiger partial charge is 0.478 e. The zero-order valence-electron chi connectivity index (χ0n) is 18.6. The van der Waals surface area contributed by atoms with Crippen molar-refractivity contribution in [2.75, 3.05) is 13.1 Å². The molecule has 0 aliphatic carbocycles. The number of carbonyl (C=O) groups is 2. The van der Waals surface area contributed by atoms with Gasteiger partial charge in [0.05, 0.1) is 23.2 Å². The van der Waals surface area contributed by atoms with Crippen molar-refractivity contribution in [3.05, 3.63) is 101 Å². The van der Waals surface area contributed by atoms with Crippen LogP contribution in [0.1, 0.15) is 27.0 Å². The summed E-state index contributed by atoms with van der Waals surface area (Å²) in [5, 5.41) is 12.8. The Hall–Kier alpha value is -3.82. The van der Waals surface area contributed by atoms with Gasteiger partial charge in [0, 0.05) is 6.54 Å². The molecule has 176 valence electrons. The number of nitrogens with zero attached hydrogens (tertiary/aromatic N) is 2. The lowest BCUT2D eigenvalue weighted by Gasteiger charge is -2.21. The fourth-order valence-electron chi connectivity index (χ4n) is 3.13. The Morgan fingerprint density at radius 2 is 1.62 bits per heavy atom. The van der Waals surface area contributed by atoms with Crippen molar-refractivity contribution in [2.24, 2.45) is 5.10 Å². The average molecular weight is 480 g/mol. The van der Waals surface area contributed by atoms with Gasteiger partial charge < -0.3 is 5.11 Å². The second kappa shape index (κ2) is 11.4. The summed E-state index contributed by atoms with van der Waals surface area (Å²) in [5.41, 5.74) is 4.94. The summed E-state index contributed by atoms with van der Waals surface area (Å²) in [7, 11) is -3.91. The molecule has 0 bridgehead atoms. The molecule has 0 saturated heterocycles. The van der Waals surface area contributed by atoms with E-state index in [0.29, 0.717) is 12.0 Å². The van der Waals surface area contributed by atoms with Crippen LogP contribution < -0.4 is 5.43 Å². The second-order valence-corrected chi connectivity index (χ2v) is 9.55. The smallest absolute Gasteiger partial charge is 0.335 e. The first-order valence-corrected chi connectivity index (χ1v) is 12.0. The van der Waals surface area contributed by atoms with Gasteiger partial charge >= 0.3 is 5.97 Å². The third-order valence-corrected chi connectivity index (χ3v) is 6.89. The van der Waals surface area contributed by atoms with Crippen molar-refractivity contribution in [3.63, 3.8) is 0 Å². The molecule has 3 aromatic carbocycles. The fraction of sp³-hybridized carbons (Fsp3) is 0.160. The molecule has 1 amide bonds. The highest BCUT2D eigenvalue weighted by Gasteiger charge is 2.26. The van der Waals surface area contributed by atoms with Gasteiger partial charge in [-0.1, -0.05) is 60.2 Å². The first-order chi connectivity index (χ1) is 16.3. The van der Waals surface area contributed by atoms with E-state index in [2.05, 4.69) is 10.5 Å². The Balaban J connectivity index is 1.71. The zero-order chi connectivity index (χ0) is 24.6. The maximum atomic E-state index is 13.2. The molecule has 0 aromatic heterocycles. The quantitative estimate of drug-likeness (QED) is 0.342. The van der Waals surface area contributed by atoms with Crippen LogP contribution in [-0.2, 0) is 21.2 Å². The van der Waals surface area contributed by atoms with Gasteiger partial charge in [0.1, 0.15) is 0 Å². The Kier molecular flexibility index (Phi) is 8.29. The molecular weight excluding hydrogens is 454 g/mol. The van der Waals surface area contributed by atoms with Gasteiger partial charge in [-0.25, -0.2) is 18.6 Å². The molecule has 0 saturated carbocycles. The van der Waals surface area contributed by atoms with Crippen molar-refractivity contribution in [1.29, 1.82) is 0 Å². The molecule has 8 nitrogen and oxygen atoms in total. The number of rotatable bonds is 10. The van der Waals surface area contributed by atoms with Gasteiger partial charge in [-0.05, 0) is 48.7 Å². The van der Waals surface area contributed by atoms with Gasteiger partial charge in [0.2, 0.25) is 10.0 Å². The van der Waals surface area contributed by atoms with Crippen LogP contribution in [0.3, 0.4) is 0 Å². The number of nitrogens with one attached hydrogen (secondary N) is 1. The highest BCUT2D eigenvalue weighted by atomic mass is 32.2. The lowest BCUT2D eigenvalue weighted by atomic mass is 10.1. The van der Waals surface area contributed by atoms with Crippen molar-refractivity contribution >= 4 is 28.1 Å². The summed E-state index contributed by atoms with van der Waals surface area (Å²) >= 11 is 0. The van der Waals surface area contributed by atoms with Crippen LogP contribution in [0.2, 0.25) is 0 Å². The summed E-state index contributed by atoms with van der Waals surface area (Å²) in [5.74, 6) is -1.63. The molecule has 0 fully saturated rings. The summed E-state index contributed by atoms with van der Waals surface area (Å²) in [6.45, 7) is 1.58. The summed E-state index contributed by atoms with van der Waals surface area (Å²) in [6, 6.07) is 21.8. The number of amides is 1. The molecule has 0 radical (unpaired) electrons. The third kappa shape index (κ3) is 6.84. The topological polar surface area (TPSA) is 116 Å². The SMILES string of the molecule is Cc1ccc(S(=O)(=O)N(CCc2ccccc2)CC(=O)N/N=C\c2ccc(C(=O)O)cc2)cc1. The Bertz CT molecular complexity index is 1260. The molecule has 0 heterocycles. The minimum absolute atomic E-state index is 0.112. The average Bonchev–Trinajstić information content (AvgIpc) is 2.83. The normalized spacial score (nSPS) is 11.6. The summed E-state index contributed by atoms with van der Waals surface area (Å²) in [4.78, 5) is 23.6. The van der Waals surface area contributed by atoms with E-state index in [0.717, 1.165) is 15.4 Å². The number of benzene rings is 3. The van der Waals surface area contributed by atoms with Crippen LogP contribution in [0.5, 0.6) is 0 Å². The van der Waals surface area contributed by atoms with E-state index in [1.165, 1.54) is 30.5 Å². The highest BCUT2D eigenvalue weighted by molar-refractivity contribution is 7.89. The molecule has 0 aliphatic heterocycles. The van der Waals surface area contributed by atoms with Gasteiger partial charge in [-0.3, -0.25) is 4.79 Å². The zero-order valence-corrected chi connectivity index (χ0v) is 19.4. The Morgan fingerprint density at radius 1 is 0.971 bits per heavy atom. The van der Waals surface area contributed by atoms with E-state index in [4.69, 9.17) is 5.11 Å². The van der Waals surface area contributed by atoms with E-state index in [-0.39, 0.29) is 17.0 Å². The Labute approximate surface area is 198 Å². The molecule has 9 heteroatoms. The van der Waals surface area contributed by atoms with Gasteiger partial charge in [0.15, 0.2) is 0 Å². The minimum atomic E-state index is -3.91. The number of aryl methyl sites for hydroxylation is 1. The highest BCUT2D eigenvalue weighted by Crippen LogP contribution is 2.17. The van der Waals surface area contributed by atoms with E-state index in [1.54, 1.807) is 24.3 Å². The van der Waals surface area contributed by atoms with Crippen molar-refractivity contribution < 1.29 is 23.1 Å². The van der Waals surface area contributed by atoms with Crippen LogP contribution >= 0.6 is 0 Å². The maximum absolute atomic E-state index is 13.2. The van der Waals surface area contributed by atoms with Crippen LogP contribution in [-0.4, -0.2) is 49.0 Å². The van der Waals surface area contributed by atoms with Gasteiger partial charge in [-0.15, -0.1) is 0 Å². The molecule has 0 aliphatic rings.